The van der Waals surface area contributed by atoms with Crippen LogP contribution in [0.15, 0.2) is 30.3 Å². The molecule has 2 amide bonds. The van der Waals surface area contributed by atoms with Crippen molar-refractivity contribution >= 4 is 40.6 Å². The van der Waals surface area contributed by atoms with Crippen molar-refractivity contribution in [2.45, 2.75) is 136 Å². The summed E-state index contributed by atoms with van der Waals surface area (Å²) < 4.78 is 39.4. The van der Waals surface area contributed by atoms with E-state index >= 15 is 0 Å². The van der Waals surface area contributed by atoms with Gasteiger partial charge in [0.2, 0.25) is 16.9 Å². The van der Waals surface area contributed by atoms with Crippen molar-refractivity contribution in [3.63, 3.8) is 0 Å². The quantitative estimate of drug-likeness (QED) is 0.0825. The lowest BCUT2D eigenvalue weighted by Gasteiger charge is -2.50. The minimum absolute atomic E-state index is 0.220. The van der Waals surface area contributed by atoms with Crippen LogP contribution in [0, 0.1) is 0 Å². The van der Waals surface area contributed by atoms with Crippen LogP contribution in [0.5, 0.6) is 0 Å². The molecule has 20 atom stereocenters. The zero-order valence-electron chi connectivity index (χ0n) is 32.1. The van der Waals surface area contributed by atoms with Crippen LogP contribution in [0.3, 0.4) is 0 Å². The third-order valence-electron chi connectivity index (χ3n) is 10.2. The maximum Gasteiger partial charge on any atom is 0.335 e. The first-order valence-corrected chi connectivity index (χ1v) is 19.5. The summed E-state index contributed by atoms with van der Waals surface area (Å²) in [6.45, 7) is 0.174. The van der Waals surface area contributed by atoms with Gasteiger partial charge in [-0.05, 0) is 11.8 Å². The maximum absolute atomic E-state index is 13.2. The van der Waals surface area contributed by atoms with Crippen LogP contribution in [0.1, 0.15) is 24.2 Å². The van der Waals surface area contributed by atoms with Gasteiger partial charge in [-0.15, -0.1) is 0 Å². The average Bonchev–Trinajstić information content (AvgIpc) is 3.21. The Balaban J connectivity index is 1.41. The molecule has 4 fully saturated rings. The second kappa shape index (κ2) is 20.8. The molecule has 0 bridgehead atoms. The number of thioether (sulfide) groups is 1. The van der Waals surface area contributed by atoms with E-state index in [1.165, 1.54) is 12.1 Å². The Hall–Kier alpha value is -3.52. The Morgan fingerprint density at radius 2 is 1.05 bits per heavy atom. The van der Waals surface area contributed by atoms with E-state index in [4.69, 9.17) is 33.2 Å². The molecule has 5 rings (SSSR count). The van der Waals surface area contributed by atoms with Gasteiger partial charge in [-0.3, -0.25) is 14.4 Å². The van der Waals surface area contributed by atoms with E-state index in [9.17, 15) is 80.1 Å². The zero-order valence-corrected chi connectivity index (χ0v) is 32.9. The van der Waals surface area contributed by atoms with Crippen LogP contribution in [-0.2, 0) is 52.3 Å². The molecule has 342 valence electrons. The number of hydrogen-bond acceptors (Lipinski definition) is 22. The molecular formula is C35H48N2O23S. The number of aliphatic hydroxyl groups is 9. The highest BCUT2D eigenvalue weighted by Crippen LogP contribution is 2.37. The van der Waals surface area contributed by atoms with E-state index in [-0.39, 0.29) is 5.56 Å². The van der Waals surface area contributed by atoms with Crippen LogP contribution in [0.4, 0.5) is 0 Å². The number of nitrogens with one attached hydrogen (secondary N) is 2. The molecule has 0 aliphatic carbocycles. The number of amides is 2. The van der Waals surface area contributed by atoms with Gasteiger partial charge in [-0.25, -0.2) is 9.59 Å². The molecule has 0 radical (unpaired) electrons. The molecular weight excluding hydrogens is 848 g/mol. The summed E-state index contributed by atoms with van der Waals surface area (Å²) >= 11 is 0.550. The first kappa shape index (κ1) is 48.5. The van der Waals surface area contributed by atoms with Crippen molar-refractivity contribution in [3.8, 4) is 0 Å². The number of carbonyl (C=O) groups is 5. The lowest BCUT2D eigenvalue weighted by Crippen LogP contribution is -2.70. The number of aliphatic carboxylic acids is 2. The van der Waals surface area contributed by atoms with E-state index in [0.717, 1.165) is 13.8 Å². The van der Waals surface area contributed by atoms with Gasteiger partial charge in [0, 0.05) is 19.4 Å². The van der Waals surface area contributed by atoms with Gasteiger partial charge in [0.05, 0.1) is 19.3 Å². The molecule has 0 aromatic heterocycles. The third kappa shape index (κ3) is 10.8. The minimum Gasteiger partial charge on any atom is -0.479 e. The van der Waals surface area contributed by atoms with Gasteiger partial charge in [0.1, 0.15) is 84.7 Å². The number of carbonyl (C=O) groups excluding carboxylic acids is 3. The zero-order chi connectivity index (χ0) is 45.0. The predicted molar refractivity (Wildman–Crippen MR) is 194 cm³/mol. The van der Waals surface area contributed by atoms with E-state index in [0.29, 0.717) is 11.8 Å². The highest BCUT2D eigenvalue weighted by Gasteiger charge is 2.57. The Morgan fingerprint density at radius 1 is 0.574 bits per heavy atom. The second-order valence-corrected chi connectivity index (χ2v) is 15.5. The van der Waals surface area contributed by atoms with Crippen molar-refractivity contribution in [3.05, 3.63) is 35.9 Å². The van der Waals surface area contributed by atoms with Gasteiger partial charge >= 0.3 is 11.9 Å². The van der Waals surface area contributed by atoms with Crippen molar-refractivity contribution in [1.82, 2.24) is 10.6 Å². The maximum atomic E-state index is 13.2. The normalized spacial score (nSPS) is 41.6. The molecule has 4 aliphatic heterocycles. The first-order chi connectivity index (χ1) is 28.8. The van der Waals surface area contributed by atoms with Gasteiger partial charge in [0.15, 0.2) is 31.1 Å². The molecule has 4 saturated heterocycles. The number of aliphatic hydroxyl groups excluding tert-OH is 9. The Bertz CT molecular complexity index is 1700. The number of carboxylic acids is 2. The fraction of sp³-hybridized carbons (Fsp3) is 0.686. The Morgan fingerprint density at radius 3 is 1.57 bits per heavy atom. The summed E-state index contributed by atoms with van der Waals surface area (Å²) in [6.07, 6.45) is -34.8. The predicted octanol–water partition coefficient (Wildman–Crippen LogP) is -6.70. The summed E-state index contributed by atoms with van der Waals surface area (Å²) in [6, 6.07) is 4.56. The van der Waals surface area contributed by atoms with Gasteiger partial charge in [-0.1, -0.05) is 30.3 Å². The third-order valence-corrected chi connectivity index (χ3v) is 11.2. The molecule has 0 spiro atoms. The van der Waals surface area contributed by atoms with E-state index in [1.54, 1.807) is 18.2 Å². The average molecular weight is 897 g/mol. The van der Waals surface area contributed by atoms with Crippen LogP contribution < -0.4 is 10.6 Å². The molecule has 4 heterocycles. The van der Waals surface area contributed by atoms with E-state index in [1.807, 2.05) is 0 Å². The monoisotopic (exact) mass is 896 g/mol. The summed E-state index contributed by atoms with van der Waals surface area (Å²) in [5.74, 6) is -5.26. The smallest absolute Gasteiger partial charge is 0.335 e. The molecule has 26 heteroatoms. The van der Waals surface area contributed by atoms with Gasteiger partial charge in [0.25, 0.3) is 0 Å². The van der Waals surface area contributed by atoms with Crippen LogP contribution in [0.25, 0.3) is 0 Å². The van der Waals surface area contributed by atoms with Crippen LogP contribution in [0.2, 0.25) is 0 Å². The van der Waals surface area contributed by atoms with E-state index < -0.39 is 164 Å². The lowest BCUT2D eigenvalue weighted by molar-refractivity contribution is -0.366. The summed E-state index contributed by atoms with van der Waals surface area (Å²) in [5, 5.41) is 120. The summed E-state index contributed by atoms with van der Waals surface area (Å²) in [4.78, 5) is 62.4. The molecule has 1 aromatic carbocycles. The number of ether oxygens (including phenoxy) is 7. The highest BCUT2D eigenvalue weighted by atomic mass is 32.2. The number of rotatable bonds is 14. The van der Waals surface area contributed by atoms with Crippen LogP contribution >= 0.6 is 11.8 Å². The van der Waals surface area contributed by atoms with Crippen molar-refractivity contribution in [2.75, 3.05) is 13.2 Å². The molecule has 61 heavy (non-hydrogen) atoms. The minimum atomic E-state index is -2.33. The Labute approximate surface area is 349 Å². The molecule has 1 aromatic rings. The SMILES string of the molecule is CC(=O)N[C@@H]1[C@@H](O[C@@H]2O[C@H](C(=O)O)[C@@H](O[C@@H]3O[C@H](CO)[C@@H](O)[C@H](O[C@@H]4O[C@H](C(=O)O)[C@@H](O)[C@H](O)[C@H]4O)[C@H]3NC(C)=O)[C@H](O)[C@H]2O)[C@H](O)[C@@H](CO)O[C@H]1SC(=O)c1ccccc1. The molecule has 13 N–H and O–H groups in total. The number of carboxylic acid groups (broad SMARTS) is 2. The number of benzene rings is 1. The second-order valence-electron chi connectivity index (χ2n) is 14.4. The van der Waals surface area contributed by atoms with Gasteiger partial charge < -0.3 is 100.0 Å². The topological polar surface area (TPSA) is 397 Å². The fourth-order valence-corrected chi connectivity index (χ4v) is 8.18. The lowest BCUT2D eigenvalue weighted by atomic mass is 9.94. The number of hydrogen-bond donors (Lipinski definition) is 13. The largest absolute Gasteiger partial charge is 0.479 e. The fourth-order valence-electron chi connectivity index (χ4n) is 7.13. The van der Waals surface area contributed by atoms with Crippen molar-refractivity contribution in [1.29, 1.82) is 0 Å². The molecule has 0 unspecified atom stereocenters. The van der Waals surface area contributed by atoms with E-state index in [2.05, 4.69) is 10.6 Å². The standard InChI is InChI=1S/C35H48N2O23S/c1-10(40)36-15-24(56-33-22(47)19(44)20(45)27(59-33)29(49)50)17(42)13(8-38)54-32(15)58-26-21(46)23(48)34(60-28(26)30(51)52)57-25-16(37-11(2)41)35(55-14(9-39)18(25)43)61-31(53)12-6-4-3-5-7-12/h3-7,13-28,32-35,38-39,42-48H,8-9H2,1-2H3,(H,36,40)(H,37,41)(H,49,50)(H,51,52)/t13-,14-,15-,16-,17-,18-,19+,20+,21-,22-,23-,24-,25-,26+,27+,28+,32+,33-,34-,35+/m1/s1. The molecule has 4 aliphatic rings. The van der Waals surface area contributed by atoms with Crippen molar-refractivity contribution in [2.24, 2.45) is 0 Å². The first-order valence-electron chi connectivity index (χ1n) is 18.6. The highest BCUT2D eigenvalue weighted by molar-refractivity contribution is 8.14. The summed E-state index contributed by atoms with van der Waals surface area (Å²) in [7, 11) is 0. The molecule has 25 nitrogen and oxygen atoms in total. The molecule has 0 saturated carbocycles. The Kier molecular flexibility index (Phi) is 16.5. The van der Waals surface area contributed by atoms with Crippen molar-refractivity contribution < 1.29 is 113 Å². The van der Waals surface area contributed by atoms with Gasteiger partial charge in [-0.2, -0.15) is 0 Å². The summed E-state index contributed by atoms with van der Waals surface area (Å²) in [5.41, 5.74) is -1.15. The van der Waals surface area contributed by atoms with Crippen LogP contribution in [-0.4, -0.2) is 220 Å².